The normalized spacial score (nSPS) is 18.8. The van der Waals surface area contributed by atoms with Crippen molar-refractivity contribution in [2.45, 2.75) is 154 Å². The molecule has 0 radical (unpaired) electrons. The number of aromatic nitrogens is 3. The number of piperidine rings is 3. The molecule has 2 aromatic heterocycles. The summed E-state index contributed by atoms with van der Waals surface area (Å²) in [6.45, 7) is 17.4. The Hall–Kier alpha value is -8.89. The van der Waals surface area contributed by atoms with E-state index in [0.717, 1.165) is 85.6 Å². The fourth-order valence-corrected chi connectivity index (χ4v) is 14.3. The highest BCUT2D eigenvalue weighted by Gasteiger charge is 2.44. The maximum Gasteiger partial charge on any atom is 0.264 e. The number of rotatable bonds is 24. The summed E-state index contributed by atoms with van der Waals surface area (Å²) in [5, 5.41) is 14.8. The van der Waals surface area contributed by atoms with E-state index in [-0.39, 0.29) is 95.8 Å². The molecule has 11 rings (SSSR count). The smallest absolute Gasteiger partial charge is 0.264 e. The minimum atomic E-state index is -1.09. The highest BCUT2D eigenvalue weighted by molar-refractivity contribution is 6.24. The molecule has 1 unspecified atom stereocenters. The van der Waals surface area contributed by atoms with Crippen LogP contribution < -0.4 is 31.5 Å². The number of halogens is 1. The van der Waals surface area contributed by atoms with E-state index in [9.17, 15) is 38.4 Å². The zero-order valence-corrected chi connectivity index (χ0v) is 55.1. The van der Waals surface area contributed by atoms with Crippen LogP contribution in [0.1, 0.15) is 175 Å². The molecule has 4 aromatic carbocycles. The fraction of sp³-hybridized carbons (Fsp3) is 0.472. The summed E-state index contributed by atoms with van der Waals surface area (Å²) in [7, 11) is 1.47. The molecule has 7 amide bonds. The highest BCUT2D eigenvalue weighted by atomic mass is 19.1. The lowest BCUT2D eigenvalue weighted by molar-refractivity contribution is -0.134. The van der Waals surface area contributed by atoms with Crippen LogP contribution >= 0.6 is 0 Å². The van der Waals surface area contributed by atoms with Gasteiger partial charge in [0.05, 0.1) is 46.9 Å². The van der Waals surface area contributed by atoms with Gasteiger partial charge in [-0.1, -0.05) is 43.7 Å². The Morgan fingerprint density at radius 3 is 2.24 bits per heavy atom. The van der Waals surface area contributed by atoms with Gasteiger partial charge in [-0.25, -0.2) is 14.4 Å². The van der Waals surface area contributed by atoms with Gasteiger partial charge < -0.3 is 50.6 Å². The standard InChI is InChI=1S/C72H88FN13O8/c1-44(2)78-69(92)55-38-60(57(73)34-46(55)5)80-67-66-61(77-42-84(66)45(3)4)39-59(79-67)50-18-20-56(62(35-50)85(43-88)53-36-52(37-53)82-28-9-8-10-29-82)72(6)24-32-83(33-25-72)64(90)40-81-30-22-48(23-31-81)47-14-16-49(17-15-47)68(91)76-27-26-75-58-13-11-12-54-65(58)71(94)86(70(54)93)51(41-87)19-21-63(89)74-7/h11-18,20,34-35,38-39,41-45,48,51-53,75H,8-10,19,21-33,36-37,40H2,1-7H3,(H,74,89)(H,76,91)(H,78,92)(H,79,80). The van der Waals surface area contributed by atoms with Crippen molar-refractivity contribution >= 4 is 82.1 Å². The van der Waals surface area contributed by atoms with Gasteiger partial charge in [0.2, 0.25) is 18.2 Å². The summed E-state index contributed by atoms with van der Waals surface area (Å²) in [5.74, 6) is -1.88. The number of nitrogens with one attached hydrogen (secondary N) is 5. The number of fused-ring (bicyclic) bond motifs is 2. The molecule has 4 fully saturated rings. The maximum atomic E-state index is 16.0. The van der Waals surface area contributed by atoms with E-state index in [4.69, 9.17) is 9.97 Å². The van der Waals surface area contributed by atoms with E-state index >= 15 is 4.39 Å². The van der Waals surface area contributed by atoms with Crippen LogP contribution in [0.3, 0.4) is 0 Å². The SMILES string of the molecule is CNC(=O)CCC(C=O)N1C(=O)c2cccc(NCCNC(=O)c3ccc(C4CCN(CC(=O)N5CCC(C)(c6ccc(-c7cc8ncn(C(C)C)c8c(Nc8cc(C(=O)NC(C)C)c(C)cc8F)n7)cc6N(C=O)C6CC(N7CCCCC7)C6)CC5)CC4)cc3)c2C1=O. The number of carbonyl (C=O) groups is 8. The van der Waals surface area contributed by atoms with Crippen molar-refractivity contribution in [1.29, 1.82) is 0 Å². The molecule has 21 nitrogen and oxygen atoms in total. The maximum absolute atomic E-state index is 16.0. The van der Waals surface area contributed by atoms with Crippen LogP contribution in [0.25, 0.3) is 22.3 Å². The number of imide groups is 1. The van der Waals surface area contributed by atoms with Crippen molar-refractivity contribution in [1.82, 2.24) is 50.1 Å². The Bertz CT molecular complexity index is 3840. The lowest BCUT2D eigenvalue weighted by Gasteiger charge is -2.49. The quantitative estimate of drug-likeness (QED) is 0.0216. The molecule has 5 N–H and O–H groups in total. The Morgan fingerprint density at radius 2 is 1.56 bits per heavy atom. The van der Waals surface area contributed by atoms with Crippen LogP contribution in [0, 0.1) is 12.7 Å². The number of anilines is 4. The van der Waals surface area contributed by atoms with Crippen molar-refractivity contribution in [2.75, 3.05) is 81.5 Å². The van der Waals surface area contributed by atoms with Crippen molar-refractivity contribution in [3.63, 3.8) is 0 Å². The predicted octanol–water partition coefficient (Wildman–Crippen LogP) is 9.28. The number of aldehydes is 1. The van der Waals surface area contributed by atoms with Crippen molar-refractivity contribution in [3.05, 3.63) is 130 Å². The first-order valence-corrected chi connectivity index (χ1v) is 33.4. The molecule has 22 heteroatoms. The number of nitrogens with zero attached hydrogens (tertiary/aromatic N) is 8. The number of aryl methyl sites for hydroxylation is 1. The molecule has 1 saturated carbocycles. The molecule has 1 aliphatic carbocycles. The summed E-state index contributed by atoms with van der Waals surface area (Å²) in [6.07, 6.45) is 11.8. The van der Waals surface area contributed by atoms with E-state index in [2.05, 4.69) is 61.5 Å². The lowest BCUT2D eigenvalue weighted by Crippen LogP contribution is -2.55. The minimum Gasteiger partial charge on any atom is -0.383 e. The number of benzene rings is 4. The summed E-state index contributed by atoms with van der Waals surface area (Å²) in [5.41, 5.74) is 7.46. The molecule has 0 spiro atoms. The molecule has 1 atom stereocenters. The van der Waals surface area contributed by atoms with E-state index in [1.807, 2.05) is 72.4 Å². The number of imidazole rings is 1. The van der Waals surface area contributed by atoms with E-state index in [1.54, 1.807) is 25.4 Å². The van der Waals surface area contributed by atoms with Gasteiger partial charge >= 0.3 is 0 Å². The minimum absolute atomic E-state index is 0.00292. The number of hydrogen-bond acceptors (Lipinski definition) is 14. The Balaban J connectivity index is 0.719. The first-order chi connectivity index (χ1) is 45.2. The number of hydrogen-bond donors (Lipinski definition) is 5. The van der Waals surface area contributed by atoms with Gasteiger partial charge in [-0.15, -0.1) is 0 Å². The molecule has 0 bridgehead atoms. The van der Waals surface area contributed by atoms with Crippen molar-refractivity contribution < 1.29 is 42.7 Å². The van der Waals surface area contributed by atoms with Gasteiger partial charge in [-0.05, 0) is 195 Å². The monoisotopic (exact) mass is 1280 g/mol. The van der Waals surface area contributed by atoms with E-state index < -0.39 is 23.7 Å². The second-order valence-electron chi connectivity index (χ2n) is 26.9. The van der Waals surface area contributed by atoms with Gasteiger partial charge in [0.25, 0.3) is 23.6 Å². The third-order valence-corrected chi connectivity index (χ3v) is 20.0. The Kier molecular flexibility index (Phi) is 20.4. The third-order valence-electron chi connectivity index (χ3n) is 20.0. The van der Waals surface area contributed by atoms with E-state index in [1.165, 1.54) is 44.5 Å². The highest BCUT2D eigenvalue weighted by Crippen LogP contribution is 2.45. The van der Waals surface area contributed by atoms with Gasteiger partial charge in [0.1, 0.15) is 17.6 Å². The van der Waals surface area contributed by atoms with Crippen LogP contribution in [0.2, 0.25) is 0 Å². The molecule has 6 aromatic rings. The summed E-state index contributed by atoms with van der Waals surface area (Å²) in [6, 6.07) is 22.8. The Labute approximate surface area is 549 Å². The number of likely N-dealkylation sites (tertiary alicyclic amines) is 3. The average Bonchev–Trinajstić information content (AvgIpc) is 1.46. The second-order valence-corrected chi connectivity index (χ2v) is 26.9. The van der Waals surface area contributed by atoms with Gasteiger partial charge in [-0.2, -0.15) is 0 Å². The molecular weight excluding hydrogens is 1190 g/mol. The summed E-state index contributed by atoms with van der Waals surface area (Å²) >= 11 is 0. The number of pyridine rings is 1. The summed E-state index contributed by atoms with van der Waals surface area (Å²) < 4.78 is 18.0. The largest absolute Gasteiger partial charge is 0.383 e. The first kappa shape index (κ1) is 66.6. The molecular formula is C72H88FN13O8. The van der Waals surface area contributed by atoms with Crippen molar-refractivity contribution in [2.24, 2.45) is 0 Å². The van der Waals surface area contributed by atoms with Gasteiger partial charge in [-0.3, -0.25) is 43.4 Å². The van der Waals surface area contributed by atoms with Gasteiger partial charge in [0.15, 0.2) is 5.82 Å². The predicted molar refractivity (Wildman–Crippen MR) is 360 cm³/mol. The molecule has 3 saturated heterocycles. The zero-order chi connectivity index (χ0) is 66.5. The first-order valence-electron chi connectivity index (χ1n) is 33.4. The zero-order valence-electron chi connectivity index (χ0n) is 55.1. The van der Waals surface area contributed by atoms with Crippen molar-refractivity contribution in [3.8, 4) is 11.3 Å². The number of amides is 7. The lowest BCUT2D eigenvalue weighted by atomic mass is 9.72. The molecule has 496 valence electrons. The van der Waals surface area contributed by atoms with Crippen LogP contribution in [-0.4, -0.2) is 172 Å². The molecule has 5 aliphatic rings. The van der Waals surface area contributed by atoms with E-state index in [0.29, 0.717) is 89.7 Å². The third kappa shape index (κ3) is 14.1. The average molecular weight is 1280 g/mol. The Morgan fingerprint density at radius 1 is 0.830 bits per heavy atom. The number of carbonyl (C=O) groups excluding carboxylic acids is 8. The fourth-order valence-electron chi connectivity index (χ4n) is 14.3. The van der Waals surface area contributed by atoms with Crippen LogP contribution in [-0.2, 0) is 24.6 Å². The molecule has 94 heavy (non-hydrogen) atoms. The summed E-state index contributed by atoms with van der Waals surface area (Å²) in [4.78, 5) is 125. The van der Waals surface area contributed by atoms with Crippen LogP contribution in [0.15, 0.2) is 85.2 Å². The molecule has 4 aliphatic heterocycles. The van der Waals surface area contributed by atoms with Crippen LogP contribution in [0.4, 0.5) is 27.3 Å². The topological polar surface area (TPSA) is 244 Å². The van der Waals surface area contributed by atoms with Gasteiger partial charge in [0, 0.05) is 91.9 Å². The second kappa shape index (κ2) is 28.8. The molecule has 6 heterocycles. The van der Waals surface area contributed by atoms with Crippen LogP contribution in [0.5, 0.6) is 0 Å².